The van der Waals surface area contributed by atoms with E-state index >= 15 is 0 Å². The Morgan fingerprint density at radius 1 is 1.64 bits per heavy atom. The average Bonchev–Trinajstić information content (AvgIpc) is 2.71. The minimum Gasteiger partial charge on any atom is -0.394 e. The zero-order chi connectivity index (χ0) is 10.1. The van der Waals surface area contributed by atoms with Crippen LogP contribution in [0.4, 0.5) is 11.5 Å². The van der Waals surface area contributed by atoms with Crippen LogP contribution in [-0.4, -0.2) is 22.9 Å². The quantitative estimate of drug-likeness (QED) is 0.770. The van der Waals surface area contributed by atoms with E-state index < -0.39 is 0 Å². The van der Waals surface area contributed by atoms with Gasteiger partial charge in [0.1, 0.15) is 0 Å². The molecule has 0 saturated carbocycles. The van der Waals surface area contributed by atoms with E-state index in [0.29, 0.717) is 0 Å². The van der Waals surface area contributed by atoms with E-state index in [1.165, 1.54) is 12.8 Å². The molecule has 1 fully saturated rings. The largest absolute Gasteiger partial charge is 0.394 e. The van der Waals surface area contributed by atoms with Crippen molar-refractivity contribution in [2.45, 2.75) is 19.8 Å². The van der Waals surface area contributed by atoms with Crippen molar-refractivity contribution in [1.29, 1.82) is 0 Å². The first-order chi connectivity index (χ1) is 6.70. The molecule has 4 nitrogen and oxygen atoms in total. The molecular formula is C10H18N4. The molecule has 1 atom stereocenters. The number of anilines is 2. The van der Waals surface area contributed by atoms with Gasteiger partial charge in [0.2, 0.25) is 0 Å². The van der Waals surface area contributed by atoms with Gasteiger partial charge < -0.3 is 10.6 Å². The summed E-state index contributed by atoms with van der Waals surface area (Å²) in [5, 5.41) is 4.38. The molecule has 1 unspecified atom stereocenters. The van der Waals surface area contributed by atoms with Crippen LogP contribution in [0.3, 0.4) is 0 Å². The first kappa shape index (κ1) is 9.37. The van der Waals surface area contributed by atoms with Crippen LogP contribution in [0.1, 0.15) is 19.8 Å². The zero-order valence-corrected chi connectivity index (χ0v) is 8.90. The van der Waals surface area contributed by atoms with Gasteiger partial charge in [-0.1, -0.05) is 13.3 Å². The van der Waals surface area contributed by atoms with Gasteiger partial charge in [-0.3, -0.25) is 4.68 Å². The predicted molar refractivity (Wildman–Crippen MR) is 58.2 cm³/mol. The lowest BCUT2D eigenvalue weighted by Gasteiger charge is -2.15. The Morgan fingerprint density at radius 2 is 2.43 bits per heavy atom. The second-order valence-corrected chi connectivity index (χ2v) is 4.09. The van der Waals surface area contributed by atoms with Crippen LogP contribution in [-0.2, 0) is 7.05 Å². The van der Waals surface area contributed by atoms with E-state index in [2.05, 4.69) is 16.9 Å². The van der Waals surface area contributed by atoms with Crippen molar-refractivity contribution < 1.29 is 0 Å². The number of hydrogen-bond acceptors (Lipinski definition) is 3. The van der Waals surface area contributed by atoms with Gasteiger partial charge in [-0.15, -0.1) is 0 Å². The summed E-state index contributed by atoms with van der Waals surface area (Å²) in [6.45, 7) is 4.45. The van der Waals surface area contributed by atoms with E-state index in [4.69, 9.17) is 5.73 Å². The molecule has 78 valence electrons. The van der Waals surface area contributed by atoms with Crippen molar-refractivity contribution in [2.24, 2.45) is 13.0 Å². The summed E-state index contributed by atoms with van der Waals surface area (Å²) in [4.78, 5) is 2.30. The number of nitrogens with zero attached hydrogens (tertiary/aromatic N) is 3. The molecule has 0 bridgehead atoms. The highest BCUT2D eigenvalue weighted by Gasteiger charge is 2.24. The van der Waals surface area contributed by atoms with Crippen molar-refractivity contribution in [3.63, 3.8) is 0 Å². The van der Waals surface area contributed by atoms with Gasteiger partial charge in [-0.25, -0.2) is 0 Å². The smallest absolute Gasteiger partial charge is 0.173 e. The Hall–Kier alpha value is -1.19. The van der Waals surface area contributed by atoms with E-state index in [1.54, 1.807) is 4.68 Å². The molecule has 0 spiro atoms. The highest BCUT2D eigenvalue weighted by atomic mass is 15.4. The van der Waals surface area contributed by atoms with Crippen molar-refractivity contribution in [2.75, 3.05) is 23.7 Å². The molecular weight excluding hydrogens is 176 g/mol. The Morgan fingerprint density at radius 3 is 2.93 bits per heavy atom. The molecule has 1 aliphatic rings. The number of hydrogen-bond donors (Lipinski definition) is 1. The van der Waals surface area contributed by atoms with Crippen LogP contribution in [0.5, 0.6) is 0 Å². The molecule has 1 aliphatic heterocycles. The third-order valence-electron chi connectivity index (χ3n) is 3.00. The van der Waals surface area contributed by atoms with Gasteiger partial charge in [-0.2, -0.15) is 5.10 Å². The molecule has 2 N–H and O–H groups in total. The number of aromatic nitrogens is 2. The molecule has 0 amide bonds. The van der Waals surface area contributed by atoms with Crippen LogP contribution in [0.15, 0.2) is 6.20 Å². The second-order valence-electron chi connectivity index (χ2n) is 4.09. The van der Waals surface area contributed by atoms with Crippen molar-refractivity contribution in [1.82, 2.24) is 9.78 Å². The van der Waals surface area contributed by atoms with Gasteiger partial charge in [-0.05, 0) is 12.3 Å². The van der Waals surface area contributed by atoms with Gasteiger partial charge >= 0.3 is 0 Å². The summed E-state index contributed by atoms with van der Waals surface area (Å²) in [6.07, 6.45) is 4.39. The third-order valence-corrected chi connectivity index (χ3v) is 3.00. The van der Waals surface area contributed by atoms with Gasteiger partial charge in [0.15, 0.2) is 5.82 Å². The number of nitrogens with two attached hydrogens (primary N) is 1. The molecule has 1 aromatic heterocycles. The lowest BCUT2D eigenvalue weighted by Crippen LogP contribution is -2.21. The fourth-order valence-corrected chi connectivity index (χ4v) is 2.10. The predicted octanol–water partition coefficient (Wildman–Crippen LogP) is 1.24. The first-order valence-electron chi connectivity index (χ1n) is 5.24. The molecule has 0 aromatic carbocycles. The third kappa shape index (κ3) is 1.56. The highest BCUT2D eigenvalue weighted by molar-refractivity contribution is 5.62. The molecule has 2 rings (SSSR count). The van der Waals surface area contributed by atoms with Crippen LogP contribution in [0.2, 0.25) is 0 Å². The zero-order valence-electron chi connectivity index (χ0n) is 8.90. The van der Waals surface area contributed by atoms with E-state index in [0.717, 1.165) is 30.5 Å². The summed E-state index contributed by atoms with van der Waals surface area (Å²) in [5.41, 5.74) is 6.68. The van der Waals surface area contributed by atoms with Gasteiger partial charge in [0.25, 0.3) is 0 Å². The Balaban J connectivity index is 2.13. The van der Waals surface area contributed by atoms with E-state index in [-0.39, 0.29) is 0 Å². The lowest BCUT2D eigenvalue weighted by molar-refractivity contribution is 0.568. The topological polar surface area (TPSA) is 47.1 Å². The maximum atomic E-state index is 5.88. The van der Waals surface area contributed by atoms with Gasteiger partial charge in [0, 0.05) is 26.3 Å². The molecule has 2 heterocycles. The van der Waals surface area contributed by atoms with Crippen LogP contribution < -0.4 is 10.6 Å². The number of nitrogen functional groups attached to an aromatic ring is 1. The standard InChI is InChI=1S/C10H18N4/c1-3-8-4-5-14(6-8)10-9(11)7-13(2)12-10/h7-8H,3-6,11H2,1-2H3. The van der Waals surface area contributed by atoms with E-state index in [9.17, 15) is 0 Å². The number of rotatable bonds is 2. The fraction of sp³-hybridized carbons (Fsp3) is 0.700. The van der Waals surface area contributed by atoms with Crippen LogP contribution >= 0.6 is 0 Å². The molecule has 1 saturated heterocycles. The summed E-state index contributed by atoms with van der Waals surface area (Å²) in [7, 11) is 1.91. The summed E-state index contributed by atoms with van der Waals surface area (Å²) in [5.74, 6) is 1.78. The SMILES string of the molecule is CCC1CCN(c2nn(C)cc2N)C1. The summed E-state index contributed by atoms with van der Waals surface area (Å²) < 4.78 is 1.78. The Kier molecular flexibility index (Phi) is 2.35. The minimum absolute atomic E-state index is 0.796. The van der Waals surface area contributed by atoms with E-state index in [1.807, 2.05) is 13.2 Å². The van der Waals surface area contributed by atoms with Crippen molar-refractivity contribution >= 4 is 11.5 Å². The highest BCUT2D eigenvalue weighted by Crippen LogP contribution is 2.27. The first-order valence-corrected chi connectivity index (χ1v) is 5.24. The van der Waals surface area contributed by atoms with Crippen molar-refractivity contribution in [3.05, 3.63) is 6.20 Å². The minimum atomic E-state index is 0.796. The van der Waals surface area contributed by atoms with Crippen LogP contribution in [0, 0.1) is 5.92 Å². The Labute approximate surface area is 84.7 Å². The fourth-order valence-electron chi connectivity index (χ4n) is 2.10. The molecule has 4 heteroatoms. The van der Waals surface area contributed by atoms with Crippen molar-refractivity contribution in [3.8, 4) is 0 Å². The normalized spacial score (nSPS) is 21.9. The maximum Gasteiger partial charge on any atom is 0.173 e. The summed E-state index contributed by atoms with van der Waals surface area (Å²) >= 11 is 0. The average molecular weight is 194 g/mol. The maximum absolute atomic E-state index is 5.88. The number of aryl methyl sites for hydroxylation is 1. The lowest BCUT2D eigenvalue weighted by atomic mass is 10.1. The van der Waals surface area contributed by atoms with Crippen LogP contribution in [0.25, 0.3) is 0 Å². The molecule has 14 heavy (non-hydrogen) atoms. The monoisotopic (exact) mass is 194 g/mol. The summed E-state index contributed by atoms with van der Waals surface area (Å²) in [6, 6.07) is 0. The molecule has 0 radical (unpaired) electrons. The Bertz CT molecular complexity index is 318. The second kappa shape index (κ2) is 3.52. The molecule has 1 aromatic rings. The molecule has 0 aliphatic carbocycles. The van der Waals surface area contributed by atoms with Gasteiger partial charge in [0.05, 0.1) is 5.69 Å².